The summed E-state index contributed by atoms with van der Waals surface area (Å²) in [6.07, 6.45) is 10.7. The van der Waals surface area contributed by atoms with Gasteiger partial charge in [0.2, 0.25) is 0 Å². The van der Waals surface area contributed by atoms with E-state index >= 15 is 0 Å². The van der Waals surface area contributed by atoms with Crippen molar-refractivity contribution in [1.29, 1.82) is 0 Å². The first-order valence-corrected chi connectivity index (χ1v) is 9.53. The van der Waals surface area contributed by atoms with E-state index in [9.17, 15) is 4.79 Å². The monoisotopic (exact) mass is 338 g/mol. The molecule has 2 heterocycles. The van der Waals surface area contributed by atoms with E-state index in [0.717, 1.165) is 42.1 Å². The molecular formula is C20H22N2OS. The fourth-order valence-corrected chi connectivity index (χ4v) is 5.21. The van der Waals surface area contributed by atoms with E-state index in [1.54, 1.807) is 11.8 Å². The smallest absolute Gasteiger partial charge is 0.256 e. The average Bonchev–Trinajstić information content (AvgIpc) is 2.98. The van der Waals surface area contributed by atoms with Crippen LogP contribution in [0.2, 0.25) is 0 Å². The van der Waals surface area contributed by atoms with Crippen LogP contribution in [0.5, 0.6) is 0 Å². The zero-order valence-corrected chi connectivity index (χ0v) is 14.7. The van der Waals surface area contributed by atoms with E-state index in [4.69, 9.17) is 0 Å². The molecule has 0 bridgehead atoms. The second-order valence-electron chi connectivity index (χ2n) is 6.41. The predicted molar refractivity (Wildman–Crippen MR) is 99.8 cm³/mol. The van der Waals surface area contributed by atoms with Crippen LogP contribution in [-0.4, -0.2) is 17.7 Å². The van der Waals surface area contributed by atoms with Gasteiger partial charge in [-0.25, -0.2) is 0 Å². The molecule has 1 aromatic rings. The van der Waals surface area contributed by atoms with Crippen LogP contribution in [0.25, 0.3) is 0 Å². The third-order valence-corrected chi connectivity index (χ3v) is 6.35. The molecule has 0 saturated carbocycles. The highest BCUT2D eigenvalue weighted by atomic mass is 32.2. The maximum absolute atomic E-state index is 12.9. The van der Waals surface area contributed by atoms with Crippen molar-refractivity contribution in [1.82, 2.24) is 10.6 Å². The summed E-state index contributed by atoms with van der Waals surface area (Å²) in [6, 6.07) is 6.08. The number of thioether (sulfide) groups is 1. The molecule has 24 heavy (non-hydrogen) atoms. The molecule has 2 unspecified atom stereocenters. The SMILES string of the molecule is CCC1=C(NC(=O)c2cccc3c2CNCC3)SC2C=CC=CC12. The Balaban J connectivity index is 1.60. The minimum absolute atomic E-state index is 0.0237. The molecule has 1 aromatic carbocycles. The fraction of sp³-hybridized carbons (Fsp3) is 0.350. The van der Waals surface area contributed by atoms with Crippen molar-refractivity contribution in [2.24, 2.45) is 5.92 Å². The number of benzene rings is 1. The molecule has 1 aliphatic carbocycles. The quantitative estimate of drug-likeness (QED) is 0.886. The van der Waals surface area contributed by atoms with Gasteiger partial charge < -0.3 is 10.6 Å². The van der Waals surface area contributed by atoms with Crippen molar-refractivity contribution in [2.45, 2.75) is 31.6 Å². The molecule has 1 amide bonds. The molecule has 4 rings (SSSR count). The number of fused-ring (bicyclic) bond motifs is 2. The molecule has 0 spiro atoms. The average molecular weight is 338 g/mol. The summed E-state index contributed by atoms with van der Waals surface area (Å²) in [6.45, 7) is 3.94. The lowest BCUT2D eigenvalue weighted by Gasteiger charge is -2.20. The molecule has 0 fully saturated rings. The summed E-state index contributed by atoms with van der Waals surface area (Å²) in [5.74, 6) is 0.447. The standard InChI is InChI=1S/C20H22N2OS/c1-2-14-15-7-3-4-9-18(15)24-20(14)22-19(23)16-8-5-6-13-10-11-21-12-17(13)16/h3-9,15,18,21H,2,10-12H2,1H3,(H,22,23). The molecule has 0 radical (unpaired) electrons. The van der Waals surface area contributed by atoms with Crippen LogP contribution in [-0.2, 0) is 13.0 Å². The number of hydrogen-bond donors (Lipinski definition) is 2. The van der Waals surface area contributed by atoms with Crippen molar-refractivity contribution >= 4 is 17.7 Å². The zero-order chi connectivity index (χ0) is 16.5. The number of hydrogen-bond acceptors (Lipinski definition) is 3. The van der Waals surface area contributed by atoms with Gasteiger partial charge in [-0.15, -0.1) is 0 Å². The van der Waals surface area contributed by atoms with Gasteiger partial charge in [0, 0.05) is 23.3 Å². The Morgan fingerprint density at radius 1 is 1.33 bits per heavy atom. The van der Waals surface area contributed by atoms with Crippen molar-refractivity contribution in [3.8, 4) is 0 Å². The van der Waals surface area contributed by atoms with E-state index in [2.05, 4.69) is 47.9 Å². The van der Waals surface area contributed by atoms with E-state index in [-0.39, 0.29) is 5.91 Å². The first-order valence-electron chi connectivity index (χ1n) is 8.65. The summed E-state index contributed by atoms with van der Waals surface area (Å²) in [4.78, 5) is 12.9. The molecule has 0 aromatic heterocycles. The normalized spacial score (nSPS) is 24.7. The number of nitrogens with one attached hydrogen (secondary N) is 2. The van der Waals surface area contributed by atoms with Crippen molar-refractivity contribution < 1.29 is 4.79 Å². The lowest BCUT2D eigenvalue weighted by molar-refractivity contribution is 0.0967. The lowest BCUT2D eigenvalue weighted by Crippen LogP contribution is -2.29. The van der Waals surface area contributed by atoms with Crippen LogP contribution in [0.4, 0.5) is 0 Å². The second-order valence-corrected chi connectivity index (χ2v) is 7.60. The van der Waals surface area contributed by atoms with Gasteiger partial charge in [-0.05, 0) is 42.2 Å². The van der Waals surface area contributed by atoms with Gasteiger partial charge in [0.15, 0.2) is 0 Å². The first-order chi connectivity index (χ1) is 11.8. The van der Waals surface area contributed by atoms with Crippen molar-refractivity contribution in [3.05, 3.63) is 69.8 Å². The summed E-state index contributed by atoms with van der Waals surface area (Å²) in [5, 5.41) is 8.06. The van der Waals surface area contributed by atoms with E-state index < -0.39 is 0 Å². The Morgan fingerprint density at radius 2 is 2.21 bits per heavy atom. The van der Waals surface area contributed by atoms with E-state index in [1.807, 2.05) is 12.1 Å². The van der Waals surface area contributed by atoms with Gasteiger partial charge in [0.25, 0.3) is 5.91 Å². The van der Waals surface area contributed by atoms with Gasteiger partial charge >= 0.3 is 0 Å². The highest BCUT2D eigenvalue weighted by Crippen LogP contribution is 2.45. The number of amides is 1. The van der Waals surface area contributed by atoms with Crippen molar-refractivity contribution in [2.75, 3.05) is 6.54 Å². The van der Waals surface area contributed by atoms with E-state index in [1.165, 1.54) is 11.1 Å². The van der Waals surface area contributed by atoms with Gasteiger partial charge in [0.1, 0.15) is 0 Å². The Bertz CT molecular complexity index is 763. The van der Waals surface area contributed by atoms with Crippen molar-refractivity contribution in [3.63, 3.8) is 0 Å². The van der Waals surface area contributed by atoms with Gasteiger partial charge in [0.05, 0.1) is 5.03 Å². The van der Waals surface area contributed by atoms with E-state index in [0.29, 0.717) is 11.2 Å². The lowest BCUT2D eigenvalue weighted by atomic mass is 9.91. The second kappa shape index (κ2) is 6.61. The Kier molecular flexibility index (Phi) is 4.33. The summed E-state index contributed by atoms with van der Waals surface area (Å²) in [7, 11) is 0. The highest BCUT2D eigenvalue weighted by Gasteiger charge is 2.33. The Labute approximate surface area is 147 Å². The molecule has 2 N–H and O–H groups in total. The van der Waals surface area contributed by atoms with Crippen LogP contribution in [0, 0.1) is 5.92 Å². The predicted octanol–water partition coefficient (Wildman–Crippen LogP) is 3.54. The molecule has 0 saturated heterocycles. The van der Waals surface area contributed by atoms with Crippen LogP contribution < -0.4 is 10.6 Å². The molecule has 3 nitrogen and oxygen atoms in total. The summed E-state index contributed by atoms with van der Waals surface area (Å²) < 4.78 is 0. The molecular weight excluding hydrogens is 316 g/mol. The van der Waals surface area contributed by atoms with Gasteiger partial charge in [-0.1, -0.05) is 55.1 Å². The Hall–Kier alpha value is -1.78. The third-order valence-electron chi connectivity index (χ3n) is 5.03. The number of carbonyl (C=O) groups excluding carboxylic acids is 1. The summed E-state index contributed by atoms with van der Waals surface area (Å²) in [5.41, 5.74) is 4.61. The number of carbonyl (C=O) groups is 1. The molecule has 2 atom stereocenters. The first kappa shape index (κ1) is 15.7. The topological polar surface area (TPSA) is 41.1 Å². The molecule has 124 valence electrons. The third kappa shape index (κ3) is 2.74. The maximum Gasteiger partial charge on any atom is 0.256 e. The molecule has 2 aliphatic heterocycles. The number of rotatable bonds is 3. The van der Waals surface area contributed by atoms with Crippen LogP contribution >= 0.6 is 11.8 Å². The maximum atomic E-state index is 12.9. The zero-order valence-electron chi connectivity index (χ0n) is 13.8. The highest BCUT2D eigenvalue weighted by molar-refractivity contribution is 8.04. The Morgan fingerprint density at radius 3 is 3.08 bits per heavy atom. The van der Waals surface area contributed by atoms with Gasteiger partial charge in [-0.3, -0.25) is 4.79 Å². The van der Waals surface area contributed by atoms with Crippen LogP contribution in [0.1, 0.15) is 34.8 Å². The summed E-state index contributed by atoms with van der Waals surface area (Å²) >= 11 is 1.78. The molecule has 3 aliphatic rings. The number of allylic oxidation sites excluding steroid dienone is 4. The van der Waals surface area contributed by atoms with Gasteiger partial charge in [-0.2, -0.15) is 0 Å². The minimum Gasteiger partial charge on any atom is -0.317 e. The largest absolute Gasteiger partial charge is 0.317 e. The van der Waals surface area contributed by atoms with Crippen LogP contribution in [0.15, 0.2) is 53.1 Å². The van der Waals surface area contributed by atoms with Crippen LogP contribution in [0.3, 0.4) is 0 Å². The fourth-order valence-electron chi connectivity index (χ4n) is 3.78. The molecule has 4 heteroatoms. The minimum atomic E-state index is 0.0237.